The predicted octanol–water partition coefficient (Wildman–Crippen LogP) is 4.75. The number of rotatable bonds is 5. The summed E-state index contributed by atoms with van der Waals surface area (Å²) in [7, 11) is 0. The molecule has 0 bridgehead atoms. The second kappa shape index (κ2) is 8.94. The molecule has 0 aliphatic carbocycles. The van der Waals surface area contributed by atoms with Crippen LogP contribution in [-0.2, 0) is 4.79 Å². The first-order valence-corrected chi connectivity index (χ1v) is 9.61. The normalized spacial score (nSPS) is 12.0. The van der Waals surface area contributed by atoms with Crippen molar-refractivity contribution in [3.8, 4) is 17.8 Å². The van der Waals surface area contributed by atoms with Crippen molar-refractivity contribution in [1.82, 2.24) is 9.88 Å². The summed E-state index contributed by atoms with van der Waals surface area (Å²) in [5, 5.41) is 21.4. The van der Waals surface area contributed by atoms with E-state index in [-0.39, 0.29) is 11.6 Å². The van der Waals surface area contributed by atoms with Crippen molar-refractivity contribution in [3.63, 3.8) is 0 Å². The van der Waals surface area contributed by atoms with E-state index in [0.29, 0.717) is 5.56 Å². The molecule has 1 amide bonds. The average molecular weight is 394 g/mol. The van der Waals surface area contributed by atoms with Crippen LogP contribution >= 0.6 is 0 Å². The van der Waals surface area contributed by atoms with Crippen LogP contribution in [0.25, 0.3) is 11.8 Å². The summed E-state index contributed by atoms with van der Waals surface area (Å²) in [6.45, 7) is 5.79. The fourth-order valence-corrected chi connectivity index (χ4v) is 3.42. The first-order chi connectivity index (χ1) is 14.4. The highest BCUT2D eigenvalue weighted by atomic mass is 16.1. The van der Waals surface area contributed by atoms with E-state index in [1.807, 2.05) is 79.9 Å². The van der Waals surface area contributed by atoms with Crippen LogP contribution in [0, 0.1) is 36.5 Å². The zero-order valence-electron chi connectivity index (χ0n) is 17.2. The predicted molar refractivity (Wildman–Crippen MR) is 117 cm³/mol. The quantitative estimate of drug-likeness (QED) is 0.501. The minimum atomic E-state index is -0.406. The Morgan fingerprint density at radius 2 is 1.73 bits per heavy atom. The highest BCUT2D eigenvalue weighted by molar-refractivity contribution is 6.02. The van der Waals surface area contributed by atoms with Crippen molar-refractivity contribution >= 4 is 12.0 Å². The van der Waals surface area contributed by atoms with E-state index < -0.39 is 5.91 Å². The molecule has 30 heavy (non-hydrogen) atoms. The van der Waals surface area contributed by atoms with Gasteiger partial charge in [0.1, 0.15) is 11.6 Å². The maximum atomic E-state index is 12.7. The topological polar surface area (TPSA) is 81.6 Å². The molecule has 0 aliphatic rings. The van der Waals surface area contributed by atoms with E-state index >= 15 is 0 Å². The fraction of sp³-hybridized carbons (Fsp3) is 0.160. The van der Waals surface area contributed by atoms with Gasteiger partial charge in [-0.25, -0.2) is 0 Å². The molecule has 1 N–H and O–H groups in total. The Morgan fingerprint density at radius 1 is 1.07 bits per heavy atom. The van der Waals surface area contributed by atoms with E-state index in [0.717, 1.165) is 28.2 Å². The molecule has 5 nitrogen and oxygen atoms in total. The summed E-state index contributed by atoms with van der Waals surface area (Å²) in [4.78, 5) is 12.7. The van der Waals surface area contributed by atoms with E-state index in [4.69, 9.17) is 5.26 Å². The Hall–Kier alpha value is -4.09. The molecule has 0 radical (unpaired) electrons. The van der Waals surface area contributed by atoms with E-state index in [1.54, 1.807) is 18.2 Å². The lowest BCUT2D eigenvalue weighted by molar-refractivity contribution is -0.117. The fourth-order valence-electron chi connectivity index (χ4n) is 3.42. The Morgan fingerprint density at radius 3 is 2.33 bits per heavy atom. The molecular formula is C25H22N4O. The van der Waals surface area contributed by atoms with Crippen molar-refractivity contribution in [2.45, 2.75) is 26.8 Å². The summed E-state index contributed by atoms with van der Waals surface area (Å²) >= 11 is 0. The monoisotopic (exact) mass is 394 g/mol. The smallest absolute Gasteiger partial charge is 0.262 e. The number of carbonyl (C=O) groups is 1. The van der Waals surface area contributed by atoms with Gasteiger partial charge in [-0.1, -0.05) is 30.3 Å². The number of carbonyl (C=O) groups excluding carboxylic acids is 1. The van der Waals surface area contributed by atoms with Crippen LogP contribution in [-0.4, -0.2) is 10.5 Å². The highest BCUT2D eigenvalue weighted by Gasteiger charge is 2.16. The van der Waals surface area contributed by atoms with Crippen LogP contribution in [0.2, 0.25) is 0 Å². The third kappa shape index (κ3) is 4.32. The van der Waals surface area contributed by atoms with Gasteiger partial charge in [0.15, 0.2) is 0 Å². The Labute approximate surface area is 176 Å². The van der Waals surface area contributed by atoms with Crippen molar-refractivity contribution in [2.24, 2.45) is 0 Å². The van der Waals surface area contributed by atoms with E-state index in [9.17, 15) is 10.1 Å². The van der Waals surface area contributed by atoms with Gasteiger partial charge in [0.25, 0.3) is 5.91 Å². The van der Waals surface area contributed by atoms with Gasteiger partial charge in [-0.15, -0.1) is 0 Å². The SMILES string of the molecule is Cc1cc(/C=C(/C#N)C(=O)N[C@@H](C)c2ccccc2)c(C)n1-c1ccc(C#N)cc1. The van der Waals surface area contributed by atoms with Gasteiger partial charge in [0.2, 0.25) is 0 Å². The number of aryl methyl sites for hydroxylation is 1. The van der Waals surface area contributed by atoms with Gasteiger partial charge in [-0.3, -0.25) is 4.79 Å². The van der Waals surface area contributed by atoms with Crippen LogP contribution in [0.3, 0.4) is 0 Å². The molecule has 1 heterocycles. The molecular weight excluding hydrogens is 372 g/mol. The minimum Gasteiger partial charge on any atom is -0.345 e. The first-order valence-electron chi connectivity index (χ1n) is 9.61. The number of benzene rings is 2. The molecule has 5 heteroatoms. The van der Waals surface area contributed by atoms with Gasteiger partial charge in [-0.05, 0) is 68.3 Å². The molecule has 0 aliphatic heterocycles. The van der Waals surface area contributed by atoms with Gasteiger partial charge in [-0.2, -0.15) is 10.5 Å². The van der Waals surface area contributed by atoms with Crippen molar-refractivity contribution in [3.05, 3.63) is 94.3 Å². The minimum absolute atomic E-state index is 0.0536. The van der Waals surface area contributed by atoms with Crippen molar-refractivity contribution in [1.29, 1.82) is 10.5 Å². The molecule has 1 atom stereocenters. The van der Waals surface area contributed by atoms with Crippen LogP contribution in [0.15, 0.2) is 66.2 Å². The Bertz CT molecular complexity index is 1170. The summed E-state index contributed by atoms with van der Waals surface area (Å²) in [6, 6.07) is 22.8. The van der Waals surface area contributed by atoms with Gasteiger partial charge in [0.05, 0.1) is 17.7 Å². The van der Waals surface area contributed by atoms with Gasteiger partial charge in [0, 0.05) is 17.1 Å². The highest BCUT2D eigenvalue weighted by Crippen LogP contribution is 2.23. The molecule has 0 unspecified atom stereocenters. The van der Waals surface area contributed by atoms with Gasteiger partial charge >= 0.3 is 0 Å². The number of nitrogens with zero attached hydrogens (tertiary/aromatic N) is 3. The molecule has 0 saturated carbocycles. The molecule has 148 valence electrons. The Kier molecular flexibility index (Phi) is 6.15. The molecule has 1 aromatic heterocycles. The zero-order valence-corrected chi connectivity index (χ0v) is 17.2. The van der Waals surface area contributed by atoms with Crippen LogP contribution in [0.5, 0.6) is 0 Å². The van der Waals surface area contributed by atoms with E-state index in [2.05, 4.69) is 11.4 Å². The molecule has 3 aromatic rings. The molecule has 0 saturated heterocycles. The van der Waals surface area contributed by atoms with Crippen molar-refractivity contribution in [2.75, 3.05) is 0 Å². The molecule has 0 fully saturated rings. The zero-order chi connectivity index (χ0) is 21.7. The third-order valence-corrected chi connectivity index (χ3v) is 5.04. The summed E-state index contributed by atoms with van der Waals surface area (Å²) in [5.41, 5.74) is 5.23. The van der Waals surface area contributed by atoms with Crippen LogP contribution in [0.1, 0.15) is 41.0 Å². The summed E-state index contributed by atoms with van der Waals surface area (Å²) < 4.78 is 2.03. The van der Waals surface area contributed by atoms with Crippen LogP contribution < -0.4 is 5.32 Å². The van der Waals surface area contributed by atoms with Gasteiger partial charge < -0.3 is 9.88 Å². The number of aromatic nitrogens is 1. The Balaban J connectivity index is 1.88. The third-order valence-electron chi connectivity index (χ3n) is 5.04. The number of hydrogen-bond donors (Lipinski definition) is 1. The average Bonchev–Trinajstić information content (AvgIpc) is 3.05. The molecule has 2 aromatic carbocycles. The number of nitriles is 2. The number of hydrogen-bond acceptors (Lipinski definition) is 3. The maximum Gasteiger partial charge on any atom is 0.262 e. The first kappa shape index (κ1) is 20.6. The van der Waals surface area contributed by atoms with Crippen molar-refractivity contribution < 1.29 is 4.79 Å². The maximum absolute atomic E-state index is 12.7. The molecule has 3 rings (SSSR count). The molecule has 0 spiro atoms. The largest absolute Gasteiger partial charge is 0.345 e. The number of nitrogens with one attached hydrogen (secondary N) is 1. The lowest BCUT2D eigenvalue weighted by atomic mass is 10.1. The van der Waals surface area contributed by atoms with E-state index in [1.165, 1.54) is 0 Å². The number of amides is 1. The summed E-state index contributed by atoms with van der Waals surface area (Å²) in [6.07, 6.45) is 1.62. The standard InChI is InChI=1S/C25H22N4O/c1-17-13-22(19(3)29(17)24-11-9-20(15-26)10-12-24)14-23(16-27)25(30)28-18(2)21-7-5-4-6-8-21/h4-14,18H,1-3H3,(H,28,30)/b23-14-/t18-/m0/s1. The second-order valence-corrected chi connectivity index (χ2v) is 7.10. The lowest BCUT2D eigenvalue weighted by Gasteiger charge is -2.13. The second-order valence-electron chi connectivity index (χ2n) is 7.10. The van der Waals surface area contributed by atoms with Crippen LogP contribution in [0.4, 0.5) is 0 Å². The lowest BCUT2D eigenvalue weighted by Crippen LogP contribution is -2.27. The summed E-state index contributed by atoms with van der Waals surface area (Å²) in [5.74, 6) is -0.406.